The predicted octanol–water partition coefficient (Wildman–Crippen LogP) is 3.08. The molecule has 100 valence electrons. The van der Waals surface area contributed by atoms with E-state index in [1.54, 1.807) is 0 Å². The number of rotatable bonds is 6. The third-order valence-electron chi connectivity index (χ3n) is 3.58. The van der Waals surface area contributed by atoms with Gasteiger partial charge in [-0.15, -0.1) is 0 Å². The molecule has 0 aromatic carbocycles. The summed E-state index contributed by atoms with van der Waals surface area (Å²) in [7, 11) is 0. The maximum Gasteiger partial charge on any atom is 0.0966 e. The number of aromatic nitrogens is 1. The van der Waals surface area contributed by atoms with Crippen LogP contribution in [0, 0.1) is 0 Å². The minimum atomic E-state index is 0.102. The normalized spacial score (nSPS) is 21.7. The van der Waals surface area contributed by atoms with Crippen LogP contribution in [0.2, 0.25) is 0 Å². The molecule has 2 rings (SSSR count). The lowest BCUT2D eigenvalue weighted by molar-refractivity contribution is 0.0584. The van der Waals surface area contributed by atoms with Crippen molar-refractivity contribution in [1.29, 1.82) is 0 Å². The second kappa shape index (κ2) is 7.49. The highest BCUT2D eigenvalue weighted by Crippen LogP contribution is 2.15. The van der Waals surface area contributed by atoms with Crippen molar-refractivity contribution in [3.05, 3.63) is 30.1 Å². The first-order valence-electron chi connectivity index (χ1n) is 7.12. The van der Waals surface area contributed by atoms with Crippen LogP contribution >= 0.6 is 0 Å². The number of nitrogens with one attached hydrogen (secondary N) is 1. The fraction of sp³-hybridized carbons (Fsp3) is 0.667. The molecule has 0 radical (unpaired) electrons. The Morgan fingerprint density at radius 3 is 3.11 bits per heavy atom. The molecule has 2 unspecified atom stereocenters. The van der Waals surface area contributed by atoms with E-state index < -0.39 is 0 Å². The van der Waals surface area contributed by atoms with Crippen LogP contribution < -0.4 is 5.32 Å². The first-order valence-corrected chi connectivity index (χ1v) is 7.12. The largest absolute Gasteiger partial charge is 0.372 e. The van der Waals surface area contributed by atoms with Crippen LogP contribution in [0.15, 0.2) is 24.4 Å². The summed E-state index contributed by atoms with van der Waals surface area (Å²) in [5.74, 6) is 0. The molecule has 1 aromatic heterocycles. The van der Waals surface area contributed by atoms with Gasteiger partial charge in [0.15, 0.2) is 0 Å². The molecule has 1 aliphatic heterocycles. The Labute approximate surface area is 110 Å². The van der Waals surface area contributed by atoms with Gasteiger partial charge in [-0.3, -0.25) is 4.98 Å². The molecule has 0 amide bonds. The van der Waals surface area contributed by atoms with Crippen molar-refractivity contribution in [2.24, 2.45) is 0 Å². The summed E-state index contributed by atoms with van der Waals surface area (Å²) in [5, 5.41) is 3.57. The molecule has 0 aliphatic carbocycles. The SMILES string of the molecule is CC(OCCCC1CCCCN1)c1ccccn1. The zero-order valence-electron chi connectivity index (χ0n) is 11.3. The van der Waals surface area contributed by atoms with Crippen LogP contribution in [0.1, 0.15) is 50.8 Å². The van der Waals surface area contributed by atoms with Crippen LogP contribution in [-0.4, -0.2) is 24.2 Å². The standard InChI is InChI=1S/C15H24N2O/c1-13(15-9-3-5-11-17-15)18-12-6-8-14-7-2-4-10-16-14/h3,5,9,11,13-14,16H,2,4,6-8,10,12H2,1H3. The average Bonchev–Trinajstić information content (AvgIpc) is 2.45. The molecule has 2 heterocycles. The van der Waals surface area contributed by atoms with E-state index in [4.69, 9.17) is 4.74 Å². The molecule has 1 aromatic rings. The lowest BCUT2D eigenvalue weighted by Gasteiger charge is -2.23. The topological polar surface area (TPSA) is 34.1 Å². The fourth-order valence-corrected chi connectivity index (χ4v) is 2.46. The summed E-state index contributed by atoms with van der Waals surface area (Å²) in [4.78, 5) is 4.31. The smallest absolute Gasteiger partial charge is 0.0966 e. The molecule has 1 aliphatic rings. The van der Waals surface area contributed by atoms with E-state index >= 15 is 0 Å². The number of hydrogen-bond donors (Lipinski definition) is 1. The Hall–Kier alpha value is -0.930. The molecule has 18 heavy (non-hydrogen) atoms. The van der Waals surface area contributed by atoms with E-state index in [0.717, 1.165) is 18.7 Å². The molecular formula is C15H24N2O. The minimum Gasteiger partial charge on any atom is -0.372 e. The van der Waals surface area contributed by atoms with Crippen molar-refractivity contribution in [2.45, 2.75) is 51.2 Å². The Bertz CT molecular complexity index is 323. The van der Waals surface area contributed by atoms with Crippen molar-refractivity contribution >= 4 is 0 Å². The fourth-order valence-electron chi connectivity index (χ4n) is 2.46. The van der Waals surface area contributed by atoms with Gasteiger partial charge in [-0.2, -0.15) is 0 Å². The van der Waals surface area contributed by atoms with Crippen LogP contribution in [0.5, 0.6) is 0 Å². The van der Waals surface area contributed by atoms with Crippen molar-refractivity contribution in [2.75, 3.05) is 13.2 Å². The highest BCUT2D eigenvalue weighted by atomic mass is 16.5. The number of hydrogen-bond acceptors (Lipinski definition) is 3. The van der Waals surface area contributed by atoms with Crippen LogP contribution in [0.4, 0.5) is 0 Å². The molecule has 3 heteroatoms. The van der Waals surface area contributed by atoms with Gasteiger partial charge in [0.1, 0.15) is 0 Å². The summed E-state index contributed by atoms with van der Waals surface area (Å²) in [5.41, 5.74) is 1.02. The van der Waals surface area contributed by atoms with Crippen LogP contribution in [0.25, 0.3) is 0 Å². The minimum absolute atomic E-state index is 0.102. The van der Waals surface area contributed by atoms with Crippen molar-refractivity contribution < 1.29 is 4.74 Å². The van der Waals surface area contributed by atoms with E-state index in [9.17, 15) is 0 Å². The van der Waals surface area contributed by atoms with Gasteiger partial charge in [-0.05, 0) is 51.3 Å². The third kappa shape index (κ3) is 4.39. The van der Waals surface area contributed by atoms with Gasteiger partial charge in [0.25, 0.3) is 0 Å². The van der Waals surface area contributed by atoms with Crippen LogP contribution in [0.3, 0.4) is 0 Å². The van der Waals surface area contributed by atoms with Crippen molar-refractivity contribution in [3.63, 3.8) is 0 Å². The van der Waals surface area contributed by atoms with Gasteiger partial charge in [-0.25, -0.2) is 0 Å². The summed E-state index contributed by atoms with van der Waals surface area (Å²) in [6, 6.07) is 6.68. The quantitative estimate of drug-likeness (QED) is 0.786. The Morgan fingerprint density at radius 1 is 1.44 bits per heavy atom. The highest BCUT2D eigenvalue weighted by molar-refractivity contribution is 5.05. The highest BCUT2D eigenvalue weighted by Gasteiger charge is 2.12. The van der Waals surface area contributed by atoms with Gasteiger partial charge in [0, 0.05) is 18.8 Å². The first kappa shape index (κ1) is 13.5. The molecule has 0 bridgehead atoms. The second-order valence-electron chi connectivity index (χ2n) is 5.06. The molecular weight excluding hydrogens is 224 g/mol. The molecule has 2 atom stereocenters. The maximum atomic E-state index is 5.83. The van der Waals surface area contributed by atoms with Crippen molar-refractivity contribution in [3.8, 4) is 0 Å². The predicted molar refractivity (Wildman–Crippen MR) is 73.5 cm³/mol. The van der Waals surface area contributed by atoms with E-state index in [0.29, 0.717) is 6.04 Å². The van der Waals surface area contributed by atoms with Gasteiger partial charge in [-0.1, -0.05) is 12.5 Å². The Balaban J connectivity index is 1.60. The van der Waals surface area contributed by atoms with E-state index in [2.05, 4.69) is 17.2 Å². The first-order chi connectivity index (χ1) is 8.86. The Kier molecular flexibility index (Phi) is 5.62. The van der Waals surface area contributed by atoms with E-state index in [1.807, 2.05) is 24.4 Å². The summed E-state index contributed by atoms with van der Waals surface area (Å²) < 4.78 is 5.83. The number of piperidine rings is 1. The Morgan fingerprint density at radius 2 is 2.39 bits per heavy atom. The maximum absolute atomic E-state index is 5.83. The molecule has 3 nitrogen and oxygen atoms in total. The number of nitrogens with zero attached hydrogens (tertiary/aromatic N) is 1. The summed E-state index contributed by atoms with van der Waals surface area (Å²) >= 11 is 0. The lowest BCUT2D eigenvalue weighted by atomic mass is 10.0. The number of ether oxygens (including phenoxy) is 1. The van der Waals surface area contributed by atoms with Gasteiger partial charge < -0.3 is 10.1 Å². The zero-order chi connectivity index (χ0) is 12.6. The molecule has 0 saturated carbocycles. The summed E-state index contributed by atoms with van der Waals surface area (Å²) in [6.07, 6.45) is 8.33. The van der Waals surface area contributed by atoms with Gasteiger partial charge in [0.2, 0.25) is 0 Å². The zero-order valence-corrected chi connectivity index (χ0v) is 11.3. The third-order valence-corrected chi connectivity index (χ3v) is 3.58. The van der Waals surface area contributed by atoms with Crippen molar-refractivity contribution in [1.82, 2.24) is 10.3 Å². The van der Waals surface area contributed by atoms with Gasteiger partial charge in [0.05, 0.1) is 11.8 Å². The van der Waals surface area contributed by atoms with Crippen LogP contribution in [-0.2, 0) is 4.74 Å². The number of pyridine rings is 1. The average molecular weight is 248 g/mol. The molecule has 1 fully saturated rings. The van der Waals surface area contributed by atoms with E-state index in [1.165, 1.54) is 32.2 Å². The lowest BCUT2D eigenvalue weighted by Crippen LogP contribution is -2.34. The van der Waals surface area contributed by atoms with E-state index in [-0.39, 0.29) is 6.10 Å². The molecule has 1 N–H and O–H groups in total. The second-order valence-corrected chi connectivity index (χ2v) is 5.06. The molecule has 0 spiro atoms. The van der Waals surface area contributed by atoms with Gasteiger partial charge >= 0.3 is 0 Å². The monoisotopic (exact) mass is 248 g/mol. The summed E-state index contributed by atoms with van der Waals surface area (Å²) in [6.45, 7) is 4.09. The molecule has 1 saturated heterocycles.